The second-order valence-electron chi connectivity index (χ2n) is 4.77. The summed E-state index contributed by atoms with van der Waals surface area (Å²) in [6, 6.07) is 2.91. The first kappa shape index (κ1) is 13.6. The summed E-state index contributed by atoms with van der Waals surface area (Å²) in [5, 5.41) is 11.4. The van der Waals surface area contributed by atoms with Crippen LogP contribution in [0.3, 0.4) is 0 Å². The highest BCUT2D eigenvalue weighted by Gasteiger charge is 2.38. The summed E-state index contributed by atoms with van der Waals surface area (Å²) in [7, 11) is 1.62. The molecule has 2 N–H and O–H groups in total. The molecular formula is C13H17NO5. The molecule has 0 aliphatic heterocycles. The lowest BCUT2D eigenvalue weighted by Gasteiger charge is -2.39. The van der Waals surface area contributed by atoms with Gasteiger partial charge in [-0.1, -0.05) is 0 Å². The standard InChI is InChI=1S/C13H17NO5/c1-18-13(5-2-6-13)7-11(15)14-8-9-3-4-10(19-9)12(16)17/h3-4H,2,5-8H2,1H3,(H,14,15)(H,16,17). The van der Waals surface area contributed by atoms with E-state index in [4.69, 9.17) is 14.3 Å². The highest BCUT2D eigenvalue weighted by Crippen LogP contribution is 2.37. The number of methoxy groups -OCH3 is 1. The van der Waals surface area contributed by atoms with E-state index in [0.717, 1.165) is 19.3 Å². The Morgan fingerprint density at radius 2 is 2.21 bits per heavy atom. The maximum absolute atomic E-state index is 11.8. The number of carboxylic acids is 1. The number of amides is 1. The van der Waals surface area contributed by atoms with Crippen LogP contribution in [0.25, 0.3) is 0 Å². The Labute approximate surface area is 110 Å². The van der Waals surface area contributed by atoms with Crippen molar-refractivity contribution in [1.29, 1.82) is 0 Å². The van der Waals surface area contributed by atoms with Gasteiger partial charge < -0.3 is 19.6 Å². The van der Waals surface area contributed by atoms with Crippen molar-refractivity contribution in [3.63, 3.8) is 0 Å². The summed E-state index contributed by atoms with van der Waals surface area (Å²) in [6.07, 6.45) is 3.22. The predicted octanol–water partition coefficient (Wildman–Crippen LogP) is 1.55. The molecule has 0 spiro atoms. The summed E-state index contributed by atoms with van der Waals surface area (Å²) in [5.41, 5.74) is -0.306. The van der Waals surface area contributed by atoms with Crippen LogP contribution in [0.1, 0.15) is 42.0 Å². The largest absolute Gasteiger partial charge is 0.475 e. The highest BCUT2D eigenvalue weighted by molar-refractivity contribution is 5.84. The Morgan fingerprint density at radius 1 is 1.47 bits per heavy atom. The number of hydrogen-bond acceptors (Lipinski definition) is 4. The molecule has 1 saturated carbocycles. The molecule has 1 aromatic rings. The molecule has 6 heteroatoms. The fourth-order valence-corrected chi connectivity index (χ4v) is 2.15. The second kappa shape index (κ2) is 5.44. The molecule has 19 heavy (non-hydrogen) atoms. The van der Waals surface area contributed by atoms with Gasteiger partial charge in [0.1, 0.15) is 5.76 Å². The smallest absolute Gasteiger partial charge is 0.371 e. The number of ether oxygens (including phenoxy) is 1. The number of carboxylic acid groups (broad SMARTS) is 1. The monoisotopic (exact) mass is 267 g/mol. The van der Waals surface area contributed by atoms with Gasteiger partial charge in [-0.3, -0.25) is 4.79 Å². The van der Waals surface area contributed by atoms with Gasteiger partial charge in [0, 0.05) is 7.11 Å². The van der Waals surface area contributed by atoms with E-state index in [0.29, 0.717) is 12.2 Å². The van der Waals surface area contributed by atoms with E-state index in [1.807, 2.05) is 0 Å². The Hall–Kier alpha value is -1.82. The van der Waals surface area contributed by atoms with Crippen LogP contribution in [0.4, 0.5) is 0 Å². The molecule has 6 nitrogen and oxygen atoms in total. The third-order valence-corrected chi connectivity index (χ3v) is 3.51. The van der Waals surface area contributed by atoms with Crippen LogP contribution in [0.5, 0.6) is 0 Å². The van der Waals surface area contributed by atoms with E-state index in [2.05, 4.69) is 5.32 Å². The van der Waals surface area contributed by atoms with Crippen LogP contribution < -0.4 is 5.32 Å². The summed E-state index contributed by atoms with van der Waals surface area (Å²) in [4.78, 5) is 22.4. The third kappa shape index (κ3) is 3.14. The molecule has 0 atom stereocenters. The van der Waals surface area contributed by atoms with Gasteiger partial charge in [-0.25, -0.2) is 4.79 Å². The maximum atomic E-state index is 11.8. The SMILES string of the molecule is COC1(CC(=O)NCc2ccc(C(=O)O)o2)CCC1. The van der Waals surface area contributed by atoms with E-state index in [1.165, 1.54) is 6.07 Å². The molecule has 2 rings (SSSR count). The molecule has 1 aliphatic carbocycles. The minimum atomic E-state index is -1.12. The Balaban J connectivity index is 1.81. The fraction of sp³-hybridized carbons (Fsp3) is 0.538. The molecule has 1 heterocycles. The lowest BCUT2D eigenvalue weighted by molar-refractivity contribution is -0.134. The zero-order chi connectivity index (χ0) is 13.9. The van der Waals surface area contributed by atoms with Gasteiger partial charge in [-0.2, -0.15) is 0 Å². The van der Waals surface area contributed by atoms with Gasteiger partial charge in [0.25, 0.3) is 0 Å². The molecule has 0 unspecified atom stereocenters. The molecule has 1 fully saturated rings. The Bertz CT molecular complexity index is 470. The number of hydrogen-bond donors (Lipinski definition) is 2. The van der Waals surface area contributed by atoms with Gasteiger partial charge in [0.05, 0.1) is 18.6 Å². The van der Waals surface area contributed by atoms with Gasteiger partial charge in [0.15, 0.2) is 0 Å². The van der Waals surface area contributed by atoms with Gasteiger partial charge in [-0.15, -0.1) is 0 Å². The number of rotatable bonds is 6. The highest BCUT2D eigenvalue weighted by atomic mass is 16.5. The quantitative estimate of drug-likeness (QED) is 0.816. The van der Waals surface area contributed by atoms with Crippen molar-refractivity contribution in [2.24, 2.45) is 0 Å². The van der Waals surface area contributed by atoms with Crippen molar-refractivity contribution >= 4 is 11.9 Å². The van der Waals surface area contributed by atoms with Gasteiger partial charge in [0.2, 0.25) is 11.7 Å². The van der Waals surface area contributed by atoms with Crippen LogP contribution in [0.2, 0.25) is 0 Å². The van der Waals surface area contributed by atoms with Crippen LogP contribution >= 0.6 is 0 Å². The van der Waals surface area contributed by atoms with Crippen molar-refractivity contribution < 1.29 is 23.8 Å². The van der Waals surface area contributed by atoms with Crippen molar-refractivity contribution in [1.82, 2.24) is 5.32 Å². The molecule has 0 bridgehead atoms. The summed E-state index contributed by atoms with van der Waals surface area (Å²) < 4.78 is 10.4. The maximum Gasteiger partial charge on any atom is 0.371 e. The van der Waals surface area contributed by atoms with Crippen molar-refractivity contribution in [3.05, 3.63) is 23.7 Å². The predicted molar refractivity (Wildman–Crippen MR) is 65.7 cm³/mol. The Kier molecular flexibility index (Phi) is 3.90. The normalized spacial score (nSPS) is 16.7. The van der Waals surface area contributed by atoms with Gasteiger partial charge >= 0.3 is 5.97 Å². The topological polar surface area (TPSA) is 88.8 Å². The number of carbonyl (C=O) groups is 2. The van der Waals surface area contributed by atoms with Crippen molar-refractivity contribution in [3.8, 4) is 0 Å². The van der Waals surface area contributed by atoms with E-state index >= 15 is 0 Å². The van der Waals surface area contributed by atoms with Crippen LogP contribution in [0.15, 0.2) is 16.5 Å². The zero-order valence-corrected chi connectivity index (χ0v) is 10.8. The first-order chi connectivity index (χ1) is 9.04. The Morgan fingerprint density at radius 3 is 2.68 bits per heavy atom. The average Bonchev–Trinajstić information content (AvgIpc) is 2.80. The second-order valence-corrected chi connectivity index (χ2v) is 4.77. The van der Waals surface area contributed by atoms with Gasteiger partial charge in [-0.05, 0) is 31.4 Å². The zero-order valence-electron chi connectivity index (χ0n) is 10.8. The molecule has 104 valence electrons. The lowest BCUT2D eigenvalue weighted by Crippen LogP contribution is -2.43. The molecule has 1 amide bonds. The molecule has 1 aromatic heterocycles. The minimum Gasteiger partial charge on any atom is -0.475 e. The fourth-order valence-electron chi connectivity index (χ4n) is 2.15. The average molecular weight is 267 g/mol. The first-order valence-corrected chi connectivity index (χ1v) is 6.18. The lowest BCUT2D eigenvalue weighted by atomic mass is 9.77. The molecule has 0 radical (unpaired) electrons. The minimum absolute atomic E-state index is 0.116. The summed E-state index contributed by atoms with van der Waals surface area (Å²) in [6.45, 7) is 0.186. The van der Waals surface area contributed by atoms with E-state index < -0.39 is 5.97 Å². The van der Waals surface area contributed by atoms with E-state index in [-0.39, 0.29) is 23.8 Å². The van der Waals surface area contributed by atoms with Crippen LogP contribution in [-0.2, 0) is 16.1 Å². The van der Waals surface area contributed by atoms with E-state index in [1.54, 1.807) is 13.2 Å². The van der Waals surface area contributed by atoms with Crippen molar-refractivity contribution in [2.45, 2.75) is 37.8 Å². The number of nitrogens with one attached hydrogen (secondary N) is 1. The molecule has 0 aromatic carbocycles. The van der Waals surface area contributed by atoms with Crippen LogP contribution in [0, 0.1) is 0 Å². The van der Waals surface area contributed by atoms with Crippen molar-refractivity contribution in [2.75, 3.05) is 7.11 Å². The van der Waals surface area contributed by atoms with Crippen LogP contribution in [-0.4, -0.2) is 29.7 Å². The number of aromatic carboxylic acids is 1. The molecule has 1 aliphatic rings. The number of carbonyl (C=O) groups excluding carboxylic acids is 1. The van der Waals surface area contributed by atoms with E-state index in [9.17, 15) is 9.59 Å². The summed E-state index contributed by atoms with van der Waals surface area (Å²) >= 11 is 0. The third-order valence-electron chi connectivity index (χ3n) is 3.51. The molecule has 0 saturated heterocycles. The first-order valence-electron chi connectivity index (χ1n) is 6.18. The summed E-state index contributed by atoms with van der Waals surface area (Å²) in [5.74, 6) is -0.942. The molecular weight excluding hydrogens is 250 g/mol. The number of furan rings is 1.